The molecule has 0 bridgehead atoms. The Bertz CT molecular complexity index is 1640. The topological polar surface area (TPSA) is 89.6 Å². The number of hydrogen-bond donors (Lipinski definition) is 2. The lowest BCUT2D eigenvalue weighted by atomic mass is 9.99. The van der Waals surface area contributed by atoms with Gasteiger partial charge in [0.1, 0.15) is 17.5 Å². The molecule has 34 heavy (non-hydrogen) atoms. The van der Waals surface area contributed by atoms with Crippen molar-refractivity contribution in [2.75, 3.05) is 5.73 Å². The van der Waals surface area contributed by atoms with Gasteiger partial charge >= 0.3 is 0 Å². The molecule has 3 aromatic carbocycles. The third kappa shape index (κ3) is 3.29. The molecule has 1 aliphatic rings. The molecule has 0 spiro atoms. The van der Waals surface area contributed by atoms with E-state index in [1.54, 1.807) is 10.7 Å². The zero-order chi connectivity index (χ0) is 23.4. The van der Waals surface area contributed by atoms with Gasteiger partial charge in [-0.15, -0.1) is 0 Å². The van der Waals surface area contributed by atoms with Crippen molar-refractivity contribution in [1.82, 2.24) is 19.7 Å². The zero-order valence-corrected chi connectivity index (χ0v) is 18.3. The van der Waals surface area contributed by atoms with Gasteiger partial charge in [-0.05, 0) is 65.6 Å². The summed E-state index contributed by atoms with van der Waals surface area (Å²) in [6, 6.07) is 18.1. The molecule has 0 aliphatic heterocycles. The number of imidazole rings is 1. The number of carbonyl (C=O) groups is 1. The Morgan fingerprint density at radius 3 is 2.79 bits per heavy atom. The van der Waals surface area contributed by atoms with Crippen LogP contribution in [0, 0.1) is 12.7 Å². The molecule has 1 aliphatic carbocycles. The van der Waals surface area contributed by atoms with E-state index in [9.17, 15) is 9.18 Å². The number of hydrogen-bond acceptors (Lipinski definition) is 4. The van der Waals surface area contributed by atoms with Gasteiger partial charge < -0.3 is 10.7 Å². The molecule has 5 aromatic rings. The highest BCUT2D eigenvalue weighted by Crippen LogP contribution is 2.32. The molecule has 0 amide bonds. The highest BCUT2D eigenvalue weighted by Gasteiger charge is 2.24. The summed E-state index contributed by atoms with van der Waals surface area (Å²) >= 11 is 0. The predicted molar refractivity (Wildman–Crippen MR) is 130 cm³/mol. The van der Waals surface area contributed by atoms with Crippen LogP contribution in [0.3, 0.4) is 0 Å². The first-order valence-electron chi connectivity index (χ1n) is 10.9. The number of rotatable bonds is 4. The van der Waals surface area contributed by atoms with E-state index in [1.165, 1.54) is 18.3 Å². The van der Waals surface area contributed by atoms with E-state index in [-0.39, 0.29) is 17.4 Å². The standard InChI is InChI=1S/C27H20FN5O/c1-15-31-24-8-7-22(13-25(24)32-15)33-27(29)23(14-30-33)26(34)20-10-18-6-5-17(9-19(18)11-20)16-3-2-4-21(28)12-16/h2-10,12-14H,11,29H2,1H3,(H,31,32). The second-order valence-corrected chi connectivity index (χ2v) is 8.48. The van der Waals surface area contributed by atoms with Crippen molar-refractivity contribution >= 4 is 28.7 Å². The average molecular weight is 449 g/mol. The third-order valence-corrected chi connectivity index (χ3v) is 6.18. The Morgan fingerprint density at radius 2 is 1.94 bits per heavy atom. The van der Waals surface area contributed by atoms with Crippen LogP contribution < -0.4 is 5.73 Å². The molecule has 0 saturated carbocycles. The van der Waals surface area contributed by atoms with Crippen LogP contribution in [0.15, 0.2) is 72.4 Å². The maximum absolute atomic E-state index is 13.6. The van der Waals surface area contributed by atoms with Crippen molar-refractivity contribution < 1.29 is 9.18 Å². The number of aryl methyl sites for hydroxylation is 1. The Balaban J connectivity index is 1.28. The van der Waals surface area contributed by atoms with Crippen molar-refractivity contribution in [1.29, 1.82) is 0 Å². The number of aromatic amines is 1. The van der Waals surface area contributed by atoms with E-state index < -0.39 is 0 Å². The monoisotopic (exact) mass is 449 g/mol. The summed E-state index contributed by atoms with van der Waals surface area (Å²) in [5, 5.41) is 4.38. The van der Waals surface area contributed by atoms with Gasteiger partial charge in [-0.25, -0.2) is 14.1 Å². The smallest absolute Gasteiger partial charge is 0.194 e. The molecule has 0 saturated heterocycles. The second-order valence-electron chi connectivity index (χ2n) is 8.48. The highest BCUT2D eigenvalue weighted by molar-refractivity contribution is 6.15. The van der Waals surface area contributed by atoms with Crippen LogP contribution in [-0.4, -0.2) is 25.5 Å². The highest BCUT2D eigenvalue weighted by atomic mass is 19.1. The summed E-state index contributed by atoms with van der Waals surface area (Å²) in [6.45, 7) is 1.90. The Kier molecular flexibility index (Phi) is 4.45. The largest absolute Gasteiger partial charge is 0.383 e. The number of nitrogens with zero attached hydrogens (tertiary/aromatic N) is 3. The maximum atomic E-state index is 13.6. The van der Waals surface area contributed by atoms with Crippen LogP contribution >= 0.6 is 0 Å². The van der Waals surface area contributed by atoms with Crippen molar-refractivity contribution in [3.63, 3.8) is 0 Å². The Morgan fingerprint density at radius 1 is 1.09 bits per heavy atom. The predicted octanol–water partition coefficient (Wildman–Crippen LogP) is 5.27. The fraction of sp³-hybridized carbons (Fsp3) is 0.0741. The molecule has 7 heteroatoms. The number of nitrogens with two attached hydrogens (primary N) is 1. The molecule has 3 N–H and O–H groups in total. The number of anilines is 1. The SMILES string of the molecule is Cc1nc2ccc(-n3ncc(C(=O)C4=Cc5ccc(-c6cccc(F)c6)cc5C4)c3N)cc2[nH]1. The summed E-state index contributed by atoms with van der Waals surface area (Å²) in [4.78, 5) is 20.9. The lowest BCUT2D eigenvalue weighted by Crippen LogP contribution is -2.08. The summed E-state index contributed by atoms with van der Waals surface area (Å²) in [5.41, 5.74) is 13.6. The van der Waals surface area contributed by atoms with Crippen molar-refractivity contribution in [2.24, 2.45) is 0 Å². The minimum absolute atomic E-state index is 0.147. The minimum Gasteiger partial charge on any atom is -0.383 e. The van der Waals surface area contributed by atoms with Crippen LogP contribution in [0.25, 0.3) is 33.9 Å². The molecule has 2 aromatic heterocycles. The van der Waals surface area contributed by atoms with Gasteiger partial charge in [0.05, 0.1) is 28.5 Å². The van der Waals surface area contributed by atoms with E-state index in [2.05, 4.69) is 15.1 Å². The summed E-state index contributed by atoms with van der Waals surface area (Å²) in [5.74, 6) is 0.689. The molecule has 166 valence electrons. The lowest BCUT2D eigenvalue weighted by molar-refractivity contribution is 0.103. The Labute approximate surface area is 194 Å². The molecule has 6 nitrogen and oxygen atoms in total. The second kappa shape index (κ2) is 7.52. The number of aromatic nitrogens is 4. The molecule has 0 unspecified atom stereocenters. The van der Waals surface area contributed by atoms with Gasteiger partial charge in [0.25, 0.3) is 0 Å². The van der Waals surface area contributed by atoms with Gasteiger partial charge in [0.15, 0.2) is 5.78 Å². The van der Waals surface area contributed by atoms with Gasteiger partial charge in [0, 0.05) is 12.0 Å². The van der Waals surface area contributed by atoms with E-state index in [1.807, 2.05) is 55.5 Å². The number of allylic oxidation sites excluding steroid dienone is 1. The molecule has 0 fully saturated rings. The average Bonchev–Trinajstić information content (AvgIpc) is 3.53. The first kappa shape index (κ1) is 20.1. The van der Waals surface area contributed by atoms with Gasteiger partial charge in [-0.3, -0.25) is 4.79 Å². The number of nitrogen functional groups attached to an aromatic ring is 1. The molecular formula is C27H20FN5O. The van der Waals surface area contributed by atoms with Crippen molar-refractivity contribution in [2.45, 2.75) is 13.3 Å². The van der Waals surface area contributed by atoms with Crippen LogP contribution in [0.5, 0.6) is 0 Å². The van der Waals surface area contributed by atoms with Crippen LogP contribution in [0.1, 0.15) is 27.3 Å². The maximum Gasteiger partial charge on any atom is 0.194 e. The summed E-state index contributed by atoms with van der Waals surface area (Å²) in [6.07, 6.45) is 3.90. The third-order valence-electron chi connectivity index (χ3n) is 6.18. The number of Topliss-reactive ketones (excluding diaryl/α,β-unsaturated/α-hetero) is 1. The quantitative estimate of drug-likeness (QED) is 0.366. The number of carbonyl (C=O) groups excluding carboxylic acids is 1. The number of ketones is 1. The molecule has 2 heterocycles. The minimum atomic E-state index is -0.277. The molecule has 6 rings (SSSR count). The van der Waals surface area contributed by atoms with E-state index in [0.29, 0.717) is 17.6 Å². The van der Waals surface area contributed by atoms with Crippen LogP contribution in [0.2, 0.25) is 0 Å². The van der Waals surface area contributed by atoms with Gasteiger partial charge in [0.2, 0.25) is 0 Å². The number of nitrogens with one attached hydrogen (secondary N) is 1. The number of fused-ring (bicyclic) bond motifs is 2. The number of H-pyrrole nitrogens is 1. The molecular weight excluding hydrogens is 429 g/mol. The zero-order valence-electron chi connectivity index (χ0n) is 18.3. The molecule has 0 radical (unpaired) electrons. The van der Waals surface area contributed by atoms with E-state index >= 15 is 0 Å². The molecule has 0 atom stereocenters. The van der Waals surface area contributed by atoms with Crippen molar-refractivity contribution in [3.8, 4) is 16.8 Å². The first-order chi connectivity index (χ1) is 16.5. The number of halogens is 1. The van der Waals surface area contributed by atoms with E-state index in [4.69, 9.17) is 5.73 Å². The van der Waals surface area contributed by atoms with E-state index in [0.717, 1.165) is 44.8 Å². The lowest BCUT2D eigenvalue weighted by Gasteiger charge is -2.06. The van der Waals surface area contributed by atoms with Crippen LogP contribution in [0.4, 0.5) is 10.2 Å². The Hall–Kier alpha value is -4.52. The normalized spacial score (nSPS) is 12.7. The van der Waals surface area contributed by atoms with Crippen LogP contribution in [-0.2, 0) is 6.42 Å². The van der Waals surface area contributed by atoms with Gasteiger partial charge in [-0.1, -0.05) is 30.3 Å². The number of benzene rings is 3. The summed E-state index contributed by atoms with van der Waals surface area (Å²) in [7, 11) is 0. The van der Waals surface area contributed by atoms with Crippen molar-refractivity contribution in [3.05, 3.63) is 101 Å². The summed E-state index contributed by atoms with van der Waals surface area (Å²) < 4.78 is 15.2. The first-order valence-corrected chi connectivity index (χ1v) is 10.9. The fourth-order valence-electron chi connectivity index (χ4n) is 4.51. The van der Waals surface area contributed by atoms with Gasteiger partial charge in [-0.2, -0.15) is 5.10 Å². The fourth-order valence-corrected chi connectivity index (χ4v) is 4.51.